The minimum absolute atomic E-state index is 0.0177. The number of carbonyl (C=O) groups is 1. The number of esters is 1. The lowest BCUT2D eigenvalue weighted by atomic mass is 10.0. The number of hydrogen-bond donors (Lipinski definition) is 1. The lowest BCUT2D eigenvalue weighted by molar-refractivity contribution is -0.150. The standard InChI is InChI=1S/C41H74N2O4/c1-3-5-7-9-11-13-15-17-19-21-23-25-27-29-31-34-38(46-40(44)37-33-36-39-42-41(45)47-43-39)35-32-30-28-26-24-22-20-18-16-14-12-10-8-6-4-2/h17-20,38H,3-16,21-37H2,1-2H3,(H,42,43,45)/b19-17-,20-18-. The summed E-state index contributed by atoms with van der Waals surface area (Å²) >= 11 is 0. The van der Waals surface area contributed by atoms with E-state index in [1.807, 2.05) is 0 Å². The lowest BCUT2D eigenvalue weighted by Crippen LogP contribution is -2.18. The van der Waals surface area contributed by atoms with Crippen molar-refractivity contribution in [1.29, 1.82) is 0 Å². The number of unbranched alkanes of at least 4 members (excludes halogenated alkanes) is 22. The number of rotatable bonds is 35. The van der Waals surface area contributed by atoms with Crippen LogP contribution in [-0.2, 0) is 16.0 Å². The van der Waals surface area contributed by atoms with Gasteiger partial charge in [-0.2, -0.15) is 0 Å². The Labute approximate surface area is 289 Å². The lowest BCUT2D eigenvalue weighted by Gasteiger charge is -2.18. The van der Waals surface area contributed by atoms with Gasteiger partial charge in [0.05, 0.1) is 0 Å². The molecule has 1 rings (SSSR count). The molecule has 0 aliphatic rings. The summed E-state index contributed by atoms with van der Waals surface area (Å²) < 4.78 is 10.5. The van der Waals surface area contributed by atoms with Crippen LogP contribution in [0.25, 0.3) is 0 Å². The molecular weight excluding hydrogens is 584 g/mol. The molecule has 1 aromatic rings. The molecule has 0 aromatic carbocycles. The Morgan fingerprint density at radius 2 is 1.02 bits per heavy atom. The number of carbonyl (C=O) groups excluding carboxylic acids is 1. The van der Waals surface area contributed by atoms with Crippen molar-refractivity contribution in [3.63, 3.8) is 0 Å². The molecule has 0 aliphatic heterocycles. The highest BCUT2D eigenvalue weighted by Gasteiger charge is 2.15. The second kappa shape index (κ2) is 33.8. The molecule has 0 bridgehead atoms. The third kappa shape index (κ3) is 29.7. The van der Waals surface area contributed by atoms with Crippen LogP contribution in [0.15, 0.2) is 33.6 Å². The summed E-state index contributed by atoms with van der Waals surface area (Å²) in [6, 6.07) is 0. The van der Waals surface area contributed by atoms with Crippen molar-refractivity contribution in [2.45, 2.75) is 219 Å². The molecule has 0 radical (unpaired) electrons. The molecule has 272 valence electrons. The van der Waals surface area contributed by atoms with Crippen molar-refractivity contribution in [2.75, 3.05) is 0 Å². The average Bonchev–Trinajstić information content (AvgIpc) is 3.48. The van der Waals surface area contributed by atoms with Gasteiger partial charge in [-0.1, -0.05) is 146 Å². The molecular formula is C41H74N2O4. The van der Waals surface area contributed by atoms with Gasteiger partial charge in [0, 0.05) is 12.8 Å². The van der Waals surface area contributed by atoms with E-state index in [0.717, 1.165) is 25.7 Å². The number of aryl methyl sites for hydroxylation is 1. The zero-order valence-electron chi connectivity index (χ0n) is 30.9. The maximum Gasteiger partial charge on any atom is 0.438 e. The van der Waals surface area contributed by atoms with E-state index in [0.29, 0.717) is 25.1 Å². The van der Waals surface area contributed by atoms with Gasteiger partial charge in [-0.05, 0) is 83.5 Å². The van der Waals surface area contributed by atoms with Crippen LogP contribution in [0.4, 0.5) is 0 Å². The highest BCUT2D eigenvalue weighted by Crippen LogP contribution is 2.18. The molecule has 0 amide bonds. The van der Waals surface area contributed by atoms with Crippen molar-refractivity contribution in [2.24, 2.45) is 0 Å². The maximum atomic E-state index is 12.6. The van der Waals surface area contributed by atoms with Crippen LogP contribution in [0.1, 0.15) is 212 Å². The van der Waals surface area contributed by atoms with Gasteiger partial charge in [0.1, 0.15) is 6.10 Å². The first-order chi connectivity index (χ1) is 23.2. The number of aromatic amines is 1. The Bertz CT molecular complexity index is 879. The number of nitrogens with zero attached hydrogens (tertiary/aromatic N) is 1. The van der Waals surface area contributed by atoms with Gasteiger partial charge >= 0.3 is 11.7 Å². The van der Waals surface area contributed by atoms with Gasteiger partial charge in [-0.25, -0.2) is 4.79 Å². The van der Waals surface area contributed by atoms with Gasteiger partial charge in [0.25, 0.3) is 0 Å². The molecule has 47 heavy (non-hydrogen) atoms. The molecule has 0 unspecified atom stereocenters. The molecule has 0 aliphatic carbocycles. The van der Waals surface area contributed by atoms with Gasteiger partial charge in [0.15, 0.2) is 5.82 Å². The van der Waals surface area contributed by atoms with E-state index in [2.05, 4.69) is 52.8 Å². The highest BCUT2D eigenvalue weighted by atomic mass is 16.5. The summed E-state index contributed by atoms with van der Waals surface area (Å²) in [5.41, 5.74) is 0. The first-order valence-electron chi connectivity index (χ1n) is 20.2. The number of nitrogens with one attached hydrogen (secondary N) is 1. The summed E-state index contributed by atoms with van der Waals surface area (Å²) in [5.74, 6) is -0.204. The molecule has 6 heteroatoms. The minimum atomic E-state index is -0.553. The largest absolute Gasteiger partial charge is 0.462 e. The molecule has 6 nitrogen and oxygen atoms in total. The van der Waals surface area contributed by atoms with Crippen LogP contribution in [0.5, 0.6) is 0 Å². The number of hydrogen-bond acceptors (Lipinski definition) is 5. The third-order valence-electron chi connectivity index (χ3n) is 9.15. The van der Waals surface area contributed by atoms with Crippen molar-refractivity contribution in [3.8, 4) is 0 Å². The highest BCUT2D eigenvalue weighted by molar-refractivity contribution is 5.69. The van der Waals surface area contributed by atoms with E-state index in [1.54, 1.807) is 0 Å². The third-order valence-corrected chi connectivity index (χ3v) is 9.15. The monoisotopic (exact) mass is 659 g/mol. The van der Waals surface area contributed by atoms with Crippen molar-refractivity contribution < 1.29 is 14.1 Å². The SMILES string of the molecule is CCCCCCCC/C=C\CCCCCCCC(CCCCCCC/C=C\CCCCCCCC)OC(=O)CCCc1noc(=O)[nH]1. The van der Waals surface area contributed by atoms with Gasteiger partial charge < -0.3 is 4.74 Å². The first kappa shape index (κ1) is 42.9. The number of H-pyrrole nitrogens is 1. The fourth-order valence-corrected chi connectivity index (χ4v) is 6.16. The van der Waals surface area contributed by atoms with E-state index >= 15 is 0 Å². The molecule has 0 saturated heterocycles. The van der Waals surface area contributed by atoms with Crippen molar-refractivity contribution in [1.82, 2.24) is 10.1 Å². The zero-order chi connectivity index (χ0) is 33.9. The Morgan fingerprint density at radius 1 is 0.617 bits per heavy atom. The summed E-state index contributed by atoms with van der Waals surface area (Å²) in [6.45, 7) is 4.55. The molecule has 0 spiro atoms. The molecule has 1 N–H and O–H groups in total. The summed E-state index contributed by atoms with van der Waals surface area (Å²) in [7, 11) is 0. The summed E-state index contributed by atoms with van der Waals surface area (Å²) in [5, 5.41) is 3.68. The van der Waals surface area contributed by atoms with Crippen molar-refractivity contribution in [3.05, 3.63) is 40.7 Å². The van der Waals surface area contributed by atoms with Crippen LogP contribution in [-0.4, -0.2) is 22.2 Å². The summed E-state index contributed by atoms with van der Waals surface area (Å²) in [6.07, 6.45) is 46.5. The predicted molar refractivity (Wildman–Crippen MR) is 199 cm³/mol. The first-order valence-corrected chi connectivity index (χ1v) is 20.2. The second-order valence-corrected chi connectivity index (χ2v) is 13.8. The fraction of sp³-hybridized carbons (Fsp3) is 0.829. The Hall–Kier alpha value is -2.11. The van der Waals surface area contributed by atoms with E-state index in [-0.39, 0.29) is 12.1 Å². The van der Waals surface area contributed by atoms with E-state index in [4.69, 9.17) is 4.74 Å². The van der Waals surface area contributed by atoms with Crippen LogP contribution < -0.4 is 5.76 Å². The maximum absolute atomic E-state index is 12.6. The molecule has 1 aromatic heterocycles. The van der Waals surface area contributed by atoms with E-state index in [1.165, 1.54) is 154 Å². The Balaban J connectivity index is 2.18. The van der Waals surface area contributed by atoms with E-state index < -0.39 is 5.76 Å². The van der Waals surface area contributed by atoms with Crippen LogP contribution >= 0.6 is 0 Å². The summed E-state index contributed by atoms with van der Waals surface area (Å²) in [4.78, 5) is 26.3. The van der Waals surface area contributed by atoms with Crippen LogP contribution in [0, 0.1) is 0 Å². The molecule has 0 fully saturated rings. The van der Waals surface area contributed by atoms with Gasteiger partial charge in [-0.3, -0.25) is 14.3 Å². The predicted octanol–water partition coefficient (Wildman–Crippen LogP) is 12.7. The quantitative estimate of drug-likeness (QED) is 0.0445. The number of aromatic nitrogens is 2. The van der Waals surface area contributed by atoms with Crippen molar-refractivity contribution >= 4 is 5.97 Å². The smallest absolute Gasteiger partial charge is 0.438 e. The molecule has 0 atom stereocenters. The molecule has 1 heterocycles. The van der Waals surface area contributed by atoms with Gasteiger partial charge in [-0.15, -0.1) is 0 Å². The fourth-order valence-electron chi connectivity index (χ4n) is 6.16. The van der Waals surface area contributed by atoms with E-state index in [9.17, 15) is 9.59 Å². The molecule has 0 saturated carbocycles. The topological polar surface area (TPSA) is 85.2 Å². The second-order valence-electron chi connectivity index (χ2n) is 13.8. The van der Waals surface area contributed by atoms with Gasteiger partial charge in [0.2, 0.25) is 0 Å². The zero-order valence-corrected chi connectivity index (χ0v) is 30.9. The Morgan fingerprint density at radius 3 is 1.43 bits per heavy atom. The number of allylic oxidation sites excluding steroid dienone is 4. The van der Waals surface area contributed by atoms with Crippen LogP contribution in [0.3, 0.4) is 0 Å². The normalized spacial score (nSPS) is 11.9. The minimum Gasteiger partial charge on any atom is -0.462 e. The van der Waals surface area contributed by atoms with Crippen LogP contribution in [0.2, 0.25) is 0 Å². The average molecular weight is 659 g/mol. The Kier molecular flexibility index (Phi) is 30.8. The number of ether oxygens (including phenoxy) is 1.